The van der Waals surface area contributed by atoms with E-state index < -0.39 is 6.10 Å². The molecule has 1 aliphatic rings. The number of aliphatic hydroxyl groups excluding tert-OH is 1. The van der Waals surface area contributed by atoms with Crippen molar-refractivity contribution in [2.45, 2.75) is 25.9 Å². The van der Waals surface area contributed by atoms with Crippen LogP contribution in [0.2, 0.25) is 0 Å². The monoisotopic (exact) mass is 195 g/mol. The van der Waals surface area contributed by atoms with Gasteiger partial charge in [-0.05, 0) is 6.42 Å². The first-order valence-corrected chi connectivity index (χ1v) is 4.73. The molecule has 1 fully saturated rings. The number of β-amino-alcohol motifs (C(OH)–C–C–N with tert-alkyl or cyclic N) is 1. The van der Waals surface area contributed by atoms with Crippen molar-refractivity contribution < 1.29 is 9.90 Å². The van der Waals surface area contributed by atoms with Gasteiger partial charge in [0.05, 0.1) is 19.1 Å². The van der Waals surface area contributed by atoms with Crippen LogP contribution >= 0.6 is 0 Å². The Morgan fingerprint density at radius 3 is 3.07 bits per heavy atom. The Morgan fingerprint density at radius 1 is 1.79 bits per heavy atom. The Morgan fingerprint density at radius 2 is 2.57 bits per heavy atom. The quantitative estimate of drug-likeness (QED) is 0.701. The molecule has 1 aromatic rings. The maximum atomic E-state index is 11.4. The minimum absolute atomic E-state index is 0.0633. The lowest BCUT2D eigenvalue weighted by Crippen LogP contribution is -2.25. The second-order valence-corrected chi connectivity index (χ2v) is 3.47. The Balaban J connectivity index is 2.18. The van der Waals surface area contributed by atoms with Crippen LogP contribution in [0.4, 0.5) is 5.82 Å². The van der Waals surface area contributed by atoms with Crippen molar-refractivity contribution in [2.24, 2.45) is 0 Å². The average Bonchev–Trinajstić information content (AvgIpc) is 2.71. The van der Waals surface area contributed by atoms with Gasteiger partial charge in [0, 0.05) is 11.8 Å². The lowest BCUT2D eigenvalue weighted by Gasteiger charge is -2.10. The highest BCUT2D eigenvalue weighted by Crippen LogP contribution is 2.19. The highest BCUT2D eigenvalue weighted by molar-refractivity contribution is 5.95. The zero-order valence-corrected chi connectivity index (χ0v) is 8.03. The molecule has 0 aromatic carbocycles. The van der Waals surface area contributed by atoms with E-state index in [1.54, 1.807) is 0 Å². The van der Waals surface area contributed by atoms with E-state index in [-0.39, 0.29) is 12.3 Å². The lowest BCUT2D eigenvalue weighted by molar-refractivity contribution is -0.117. The van der Waals surface area contributed by atoms with Gasteiger partial charge in [-0.25, -0.2) is 0 Å². The standard InChI is InChI=1S/C9H13N3O2/c1-2-6-3-8(11-10-6)12-5-7(13)4-9(12)14/h3,7,13H,2,4-5H2,1H3,(H,10,11). The molecule has 5 heteroatoms. The molecule has 0 radical (unpaired) electrons. The van der Waals surface area contributed by atoms with Crippen LogP contribution < -0.4 is 4.90 Å². The van der Waals surface area contributed by atoms with Gasteiger partial charge >= 0.3 is 0 Å². The molecule has 76 valence electrons. The van der Waals surface area contributed by atoms with E-state index in [0.29, 0.717) is 12.4 Å². The molecule has 0 bridgehead atoms. The van der Waals surface area contributed by atoms with Gasteiger partial charge in [0.2, 0.25) is 5.91 Å². The summed E-state index contributed by atoms with van der Waals surface area (Å²) >= 11 is 0. The molecule has 0 aliphatic carbocycles. The third-order valence-corrected chi connectivity index (χ3v) is 2.38. The number of rotatable bonds is 2. The van der Waals surface area contributed by atoms with Crippen LogP contribution in [0.5, 0.6) is 0 Å². The smallest absolute Gasteiger partial charge is 0.230 e. The molecule has 14 heavy (non-hydrogen) atoms. The molecular formula is C9H13N3O2. The van der Waals surface area contributed by atoms with Crippen LogP contribution in [0, 0.1) is 0 Å². The van der Waals surface area contributed by atoms with Gasteiger partial charge in [-0.2, -0.15) is 5.10 Å². The summed E-state index contributed by atoms with van der Waals surface area (Å²) in [6, 6.07) is 1.84. The maximum absolute atomic E-state index is 11.4. The van der Waals surface area contributed by atoms with E-state index >= 15 is 0 Å². The van der Waals surface area contributed by atoms with E-state index in [9.17, 15) is 9.90 Å². The summed E-state index contributed by atoms with van der Waals surface area (Å²) in [6.45, 7) is 2.37. The largest absolute Gasteiger partial charge is 0.391 e. The number of nitrogens with zero attached hydrogens (tertiary/aromatic N) is 2. The average molecular weight is 195 g/mol. The molecule has 1 amide bonds. The fourth-order valence-corrected chi connectivity index (χ4v) is 1.58. The van der Waals surface area contributed by atoms with Crippen molar-refractivity contribution in [1.29, 1.82) is 0 Å². The zero-order chi connectivity index (χ0) is 10.1. The van der Waals surface area contributed by atoms with Gasteiger partial charge < -0.3 is 5.11 Å². The van der Waals surface area contributed by atoms with E-state index in [1.807, 2.05) is 13.0 Å². The van der Waals surface area contributed by atoms with Crippen LogP contribution in [0.1, 0.15) is 19.0 Å². The van der Waals surface area contributed by atoms with Crippen molar-refractivity contribution in [2.75, 3.05) is 11.4 Å². The number of hydrogen-bond acceptors (Lipinski definition) is 3. The Bertz CT molecular complexity index is 348. The highest BCUT2D eigenvalue weighted by atomic mass is 16.3. The number of hydrogen-bond donors (Lipinski definition) is 2. The third kappa shape index (κ3) is 1.50. The number of nitrogens with one attached hydrogen (secondary N) is 1. The first-order valence-electron chi connectivity index (χ1n) is 4.73. The van der Waals surface area contributed by atoms with E-state index in [4.69, 9.17) is 0 Å². The molecule has 1 saturated heterocycles. The number of aryl methyl sites for hydroxylation is 1. The molecule has 2 N–H and O–H groups in total. The van der Waals surface area contributed by atoms with Gasteiger partial charge in [0.15, 0.2) is 5.82 Å². The number of anilines is 1. The predicted molar refractivity (Wildman–Crippen MR) is 50.9 cm³/mol. The minimum atomic E-state index is -0.552. The van der Waals surface area contributed by atoms with E-state index in [2.05, 4.69) is 10.2 Å². The Hall–Kier alpha value is -1.36. The zero-order valence-electron chi connectivity index (χ0n) is 8.03. The topological polar surface area (TPSA) is 69.2 Å². The highest BCUT2D eigenvalue weighted by Gasteiger charge is 2.30. The van der Waals surface area contributed by atoms with Crippen LogP contribution in [0.15, 0.2) is 6.07 Å². The number of amides is 1. The number of H-pyrrole nitrogens is 1. The third-order valence-electron chi connectivity index (χ3n) is 2.38. The van der Waals surface area contributed by atoms with Crippen molar-refractivity contribution in [3.05, 3.63) is 11.8 Å². The number of aromatic amines is 1. The van der Waals surface area contributed by atoms with Gasteiger partial charge in [0.1, 0.15) is 0 Å². The molecule has 0 spiro atoms. The summed E-state index contributed by atoms with van der Waals surface area (Å²) in [5.74, 6) is 0.551. The summed E-state index contributed by atoms with van der Waals surface area (Å²) in [7, 11) is 0. The van der Waals surface area contributed by atoms with Crippen molar-refractivity contribution in [1.82, 2.24) is 10.2 Å². The van der Waals surface area contributed by atoms with Crippen LogP contribution in [-0.4, -0.2) is 33.9 Å². The normalized spacial score (nSPS) is 22.0. The Kier molecular flexibility index (Phi) is 2.25. The first kappa shape index (κ1) is 9.21. The summed E-state index contributed by atoms with van der Waals surface area (Å²) in [4.78, 5) is 12.9. The predicted octanol–water partition coefficient (Wildman–Crippen LogP) is 0.0697. The fourth-order valence-electron chi connectivity index (χ4n) is 1.58. The second-order valence-electron chi connectivity index (χ2n) is 3.47. The van der Waals surface area contributed by atoms with Crippen LogP contribution in [-0.2, 0) is 11.2 Å². The van der Waals surface area contributed by atoms with Crippen molar-refractivity contribution in [3.8, 4) is 0 Å². The van der Waals surface area contributed by atoms with Gasteiger partial charge in [-0.1, -0.05) is 6.92 Å². The molecule has 2 heterocycles. The van der Waals surface area contributed by atoms with Crippen molar-refractivity contribution in [3.63, 3.8) is 0 Å². The number of carbonyl (C=O) groups is 1. The SMILES string of the molecule is CCc1cc(N2CC(O)CC2=O)n[nH]1. The summed E-state index contributed by atoms with van der Waals surface area (Å²) in [6.07, 6.45) is 0.510. The minimum Gasteiger partial charge on any atom is -0.391 e. The van der Waals surface area contributed by atoms with Crippen molar-refractivity contribution >= 4 is 11.7 Å². The van der Waals surface area contributed by atoms with E-state index in [0.717, 1.165) is 12.1 Å². The molecule has 1 aliphatic heterocycles. The fraction of sp³-hybridized carbons (Fsp3) is 0.556. The second kappa shape index (κ2) is 3.42. The van der Waals surface area contributed by atoms with Crippen LogP contribution in [0.25, 0.3) is 0 Å². The number of aliphatic hydroxyl groups is 1. The lowest BCUT2D eigenvalue weighted by atomic mass is 10.3. The van der Waals surface area contributed by atoms with Gasteiger partial charge in [-0.3, -0.25) is 14.8 Å². The number of aromatic nitrogens is 2. The molecule has 0 saturated carbocycles. The molecule has 1 aromatic heterocycles. The summed E-state index contributed by atoms with van der Waals surface area (Å²) in [5.41, 5.74) is 0.995. The molecule has 5 nitrogen and oxygen atoms in total. The molecule has 2 rings (SSSR count). The molecule has 1 atom stereocenters. The van der Waals surface area contributed by atoms with Crippen LogP contribution in [0.3, 0.4) is 0 Å². The van der Waals surface area contributed by atoms with Gasteiger partial charge in [-0.15, -0.1) is 0 Å². The number of carbonyl (C=O) groups excluding carboxylic acids is 1. The van der Waals surface area contributed by atoms with Gasteiger partial charge in [0.25, 0.3) is 0 Å². The summed E-state index contributed by atoms with van der Waals surface area (Å²) in [5, 5.41) is 16.2. The van der Waals surface area contributed by atoms with E-state index in [1.165, 1.54) is 4.90 Å². The first-order chi connectivity index (χ1) is 6.70. The Labute approximate surface area is 81.7 Å². The molecular weight excluding hydrogens is 182 g/mol. The molecule has 1 unspecified atom stereocenters. The maximum Gasteiger partial charge on any atom is 0.230 e. The summed E-state index contributed by atoms with van der Waals surface area (Å²) < 4.78 is 0.